The zero-order chi connectivity index (χ0) is 19.7. The Balaban J connectivity index is 1.48. The topological polar surface area (TPSA) is 88.6 Å². The van der Waals surface area contributed by atoms with Gasteiger partial charge in [0.15, 0.2) is 9.84 Å². The molecule has 0 unspecified atom stereocenters. The summed E-state index contributed by atoms with van der Waals surface area (Å²) in [6, 6.07) is 8.96. The standard InChI is InChI=1S/C21H20N4O2S/c1-14-7-19-17(13-25-21(19)24-10-14)8-16-11-22-20(23-12-16)9-15-3-5-18(6-4-15)28(2,26)27/h3-7,10-13H,8-9H2,1-2H3,(H,24,25). The first-order chi connectivity index (χ1) is 13.4. The molecule has 0 amide bonds. The van der Waals surface area contributed by atoms with Gasteiger partial charge in [0.2, 0.25) is 0 Å². The predicted molar refractivity (Wildman–Crippen MR) is 108 cm³/mol. The third-order valence-electron chi connectivity index (χ3n) is 4.62. The van der Waals surface area contributed by atoms with Gasteiger partial charge in [0.05, 0.1) is 4.90 Å². The van der Waals surface area contributed by atoms with E-state index in [1.807, 2.05) is 31.7 Å². The van der Waals surface area contributed by atoms with Crippen LogP contribution in [0.2, 0.25) is 0 Å². The highest BCUT2D eigenvalue weighted by molar-refractivity contribution is 7.90. The quantitative estimate of drug-likeness (QED) is 0.563. The first kappa shape index (κ1) is 18.3. The van der Waals surface area contributed by atoms with Crippen LogP contribution in [-0.2, 0) is 22.7 Å². The molecule has 3 heterocycles. The van der Waals surface area contributed by atoms with Gasteiger partial charge in [0.1, 0.15) is 11.5 Å². The highest BCUT2D eigenvalue weighted by Gasteiger charge is 2.09. The Hall–Kier alpha value is -3.06. The van der Waals surface area contributed by atoms with Crippen molar-refractivity contribution in [1.82, 2.24) is 19.9 Å². The lowest BCUT2D eigenvalue weighted by Gasteiger charge is -2.04. The van der Waals surface area contributed by atoms with Gasteiger partial charge in [-0.25, -0.2) is 23.4 Å². The summed E-state index contributed by atoms with van der Waals surface area (Å²) < 4.78 is 23.1. The number of benzene rings is 1. The number of H-pyrrole nitrogens is 1. The van der Waals surface area contributed by atoms with Crippen molar-refractivity contribution in [2.24, 2.45) is 0 Å². The van der Waals surface area contributed by atoms with Crippen LogP contribution in [0, 0.1) is 6.92 Å². The van der Waals surface area contributed by atoms with Crippen LogP contribution in [0.25, 0.3) is 11.0 Å². The maximum Gasteiger partial charge on any atom is 0.175 e. The molecule has 142 valence electrons. The average Bonchev–Trinajstić information content (AvgIpc) is 3.05. The van der Waals surface area contributed by atoms with Crippen molar-refractivity contribution < 1.29 is 8.42 Å². The van der Waals surface area contributed by atoms with Crippen LogP contribution in [-0.4, -0.2) is 34.6 Å². The summed E-state index contributed by atoms with van der Waals surface area (Å²) in [4.78, 5) is 16.9. The smallest absolute Gasteiger partial charge is 0.175 e. The largest absolute Gasteiger partial charge is 0.346 e. The number of pyridine rings is 1. The Morgan fingerprint density at radius 3 is 2.32 bits per heavy atom. The van der Waals surface area contributed by atoms with Crippen molar-refractivity contribution in [3.8, 4) is 0 Å². The summed E-state index contributed by atoms with van der Waals surface area (Å²) >= 11 is 0. The van der Waals surface area contributed by atoms with Crippen LogP contribution in [0.3, 0.4) is 0 Å². The Kier molecular flexibility index (Phi) is 4.68. The van der Waals surface area contributed by atoms with E-state index in [1.54, 1.807) is 24.3 Å². The number of nitrogens with one attached hydrogen (secondary N) is 1. The van der Waals surface area contributed by atoms with Gasteiger partial charge in [0.25, 0.3) is 0 Å². The number of hydrogen-bond acceptors (Lipinski definition) is 5. The van der Waals surface area contributed by atoms with Gasteiger partial charge in [-0.15, -0.1) is 0 Å². The van der Waals surface area contributed by atoms with E-state index in [9.17, 15) is 8.42 Å². The summed E-state index contributed by atoms with van der Waals surface area (Å²) in [5.41, 5.74) is 5.17. The first-order valence-electron chi connectivity index (χ1n) is 8.90. The molecule has 4 rings (SSSR count). The van der Waals surface area contributed by atoms with Gasteiger partial charge < -0.3 is 4.98 Å². The van der Waals surface area contributed by atoms with Crippen LogP contribution in [0.5, 0.6) is 0 Å². The third-order valence-corrected chi connectivity index (χ3v) is 5.75. The van der Waals surface area contributed by atoms with E-state index in [-0.39, 0.29) is 0 Å². The monoisotopic (exact) mass is 392 g/mol. The second-order valence-electron chi connectivity index (χ2n) is 7.00. The van der Waals surface area contributed by atoms with Crippen LogP contribution >= 0.6 is 0 Å². The Labute approximate surface area is 163 Å². The van der Waals surface area contributed by atoms with Crippen molar-refractivity contribution in [2.45, 2.75) is 24.7 Å². The Bertz CT molecular complexity index is 1230. The SMILES string of the molecule is Cc1cnc2[nH]cc(Cc3cnc(Cc4ccc(S(C)(=O)=O)cc4)nc3)c2c1. The maximum atomic E-state index is 11.5. The van der Waals surface area contributed by atoms with Crippen LogP contribution in [0.4, 0.5) is 0 Å². The maximum absolute atomic E-state index is 11.5. The third kappa shape index (κ3) is 3.94. The van der Waals surface area contributed by atoms with Crippen LogP contribution in [0.1, 0.15) is 28.1 Å². The molecular formula is C21H20N4O2S. The first-order valence-corrected chi connectivity index (χ1v) is 10.8. The molecule has 0 aliphatic heterocycles. The van der Waals surface area contributed by atoms with Crippen LogP contribution < -0.4 is 0 Å². The lowest BCUT2D eigenvalue weighted by atomic mass is 10.1. The summed E-state index contributed by atoms with van der Waals surface area (Å²) in [7, 11) is -3.18. The van der Waals surface area contributed by atoms with Gasteiger partial charge in [-0.2, -0.15) is 0 Å². The number of aromatic nitrogens is 4. The van der Waals surface area contributed by atoms with Crippen molar-refractivity contribution in [2.75, 3.05) is 6.26 Å². The normalized spacial score (nSPS) is 11.8. The molecule has 1 aromatic carbocycles. The van der Waals surface area contributed by atoms with Gasteiger partial charge >= 0.3 is 0 Å². The van der Waals surface area contributed by atoms with E-state index >= 15 is 0 Å². The molecule has 28 heavy (non-hydrogen) atoms. The van der Waals surface area contributed by atoms with E-state index < -0.39 is 9.84 Å². The van der Waals surface area contributed by atoms with E-state index in [0.29, 0.717) is 17.1 Å². The molecular weight excluding hydrogens is 372 g/mol. The second-order valence-corrected chi connectivity index (χ2v) is 9.02. The lowest BCUT2D eigenvalue weighted by molar-refractivity contribution is 0.602. The fourth-order valence-electron chi connectivity index (χ4n) is 3.13. The van der Waals surface area contributed by atoms with Gasteiger partial charge in [-0.1, -0.05) is 12.1 Å². The van der Waals surface area contributed by atoms with Crippen molar-refractivity contribution in [3.05, 3.63) is 83.2 Å². The Morgan fingerprint density at radius 2 is 1.64 bits per heavy atom. The zero-order valence-electron chi connectivity index (χ0n) is 15.7. The van der Waals surface area contributed by atoms with Crippen molar-refractivity contribution >= 4 is 20.9 Å². The van der Waals surface area contributed by atoms with E-state index in [2.05, 4.69) is 26.0 Å². The number of hydrogen-bond donors (Lipinski definition) is 1. The molecule has 6 nitrogen and oxygen atoms in total. The van der Waals surface area contributed by atoms with Crippen molar-refractivity contribution in [1.29, 1.82) is 0 Å². The number of nitrogens with zero attached hydrogens (tertiary/aromatic N) is 3. The number of aryl methyl sites for hydroxylation is 1. The molecule has 0 spiro atoms. The van der Waals surface area contributed by atoms with E-state index in [4.69, 9.17) is 0 Å². The highest BCUT2D eigenvalue weighted by Crippen LogP contribution is 2.20. The molecule has 0 aliphatic rings. The molecule has 4 aromatic rings. The van der Waals surface area contributed by atoms with Gasteiger partial charge in [0, 0.05) is 49.3 Å². The molecule has 1 N–H and O–H groups in total. The number of sulfone groups is 1. The molecule has 0 radical (unpaired) electrons. The highest BCUT2D eigenvalue weighted by atomic mass is 32.2. The summed E-state index contributed by atoms with van der Waals surface area (Å²) in [5, 5.41) is 1.12. The fourth-order valence-corrected chi connectivity index (χ4v) is 3.76. The summed E-state index contributed by atoms with van der Waals surface area (Å²) in [6.07, 6.45) is 10.0. The van der Waals surface area contributed by atoms with E-state index in [0.717, 1.165) is 34.1 Å². The minimum absolute atomic E-state index is 0.316. The summed E-state index contributed by atoms with van der Waals surface area (Å²) in [5.74, 6) is 0.701. The molecule has 0 bridgehead atoms. The lowest BCUT2D eigenvalue weighted by Crippen LogP contribution is -2.00. The van der Waals surface area contributed by atoms with Gasteiger partial charge in [-0.3, -0.25) is 0 Å². The van der Waals surface area contributed by atoms with E-state index in [1.165, 1.54) is 11.8 Å². The average molecular weight is 392 g/mol. The van der Waals surface area contributed by atoms with Gasteiger partial charge in [-0.05, 0) is 47.4 Å². The molecule has 7 heteroatoms. The molecule has 0 fully saturated rings. The minimum Gasteiger partial charge on any atom is -0.346 e. The number of rotatable bonds is 5. The molecule has 0 saturated carbocycles. The van der Waals surface area contributed by atoms with Crippen molar-refractivity contribution in [3.63, 3.8) is 0 Å². The molecule has 0 aliphatic carbocycles. The number of fused-ring (bicyclic) bond motifs is 1. The molecule has 3 aromatic heterocycles. The predicted octanol–water partition coefficient (Wildman–Crippen LogP) is 3.25. The minimum atomic E-state index is -3.18. The zero-order valence-corrected chi connectivity index (χ0v) is 16.5. The molecule has 0 saturated heterocycles. The summed E-state index contributed by atoms with van der Waals surface area (Å²) in [6.45, 7) is 2.03. The molecule has 0 atom stereocenters. The Morgan fingerprint density at radius 1 is 0.929 bits per heavy atom. The number of aromatic amines is 1. The second kappa shape index (κ2) is 7.16. The fraction of sp³-hybridized carbons (Fsp3) is 0.190. The van der Waals surface area contributed by atoms with Crippen LogP contribution in [0.15, 0.2) is 60.0 Å².